The van der Waals surface area contributed by atoms with E-state index in [2.05, 4.69) is 15.7 Å². The highest BCUT2D eigenvalue weighted by Crippen LogP contribution is 2.18. The minimum absolute atomic E-state index is 0.0753. The second kappa shape index (κ2) is 7.98. The summed E-state index contributed by atoms with van der Waals surface area (Å²) in [5.41, 5.74) is 5.79. The molecule has 0 atom stereocenters. The van der Waals surface area contributed by atoms with Gasteiger partial charge in [0.1, 0.15) is 6.54 Å². The van der Waals surface area contributed by atoms with Gasteiger partial charge in [-0.25, -0.2) is 9.66 Å². The molecule has 4 aromatic rings. The molecular formula is C23H20N4O2. The zero-order valence-electron chi connectivity index (χ0n) is 15.9. The predicted molar refractivity (Wildman–Crippen MR) is 115 cm³/mol. The van der Waals surface area contributed by atoms with Gasteiger partial charge in [-0.15, -0.1) is 0 Å². The van der Waals surface area contributed by atoms with Crippen LogP contribution >= 0.6 is 0 Å². The second-order valence-corrected chi connectivity index (χ2v) is 6.66. The number of rotatable bonds is 5. The first-order valence-corrected chi connectivity index (χ1v) is 9.30. The summed E-state index contributed by atoms with van der Waals surface area (Å²) in [6.45, 7) is 1.85. The van der Waals surface area contributed by atoms with E-state index in [1.165, 1.54) is 4.68 Å². The molecule has 6 nitrogen and oxygen atoms in total. The van der Waals surface area contributed by atoms with E-state index in [9.17, 15) is 9.59 Å². The van der Waals surface area contributed by atoms with E-state index in [-0.39, 0.29) is 18.0 Å². The van der Waals surface area contributed by atoms with Crippen LogP contribution in [0.25, 0.3) is 22.3 Å². The molecule has 29 heavy (non-hydrogen) atoms. The van der Waals surface area contributed by atoms with Crippen molar-refractivity contribution in [2.45, 2.75) is 6.92 Å². The molecule has 0 fully saturated rings. The second-order valence-electron chi connectivity index (χ2n) is 6.66. The summed E-state index contributed by atoms with van der Waals surface area (Å²) in [7, 11) is 0. The number of benzene rings is 3. The van der Waals surface area contributed by atoms with E-state index in [1.807, 2.05) is 67.6 Å². The van der Waals surface area contributed by atoms with Crippen LogP contribution in [0.1, 0.15) is 5.56 Å². The first-order chi connectivity index (χ1) is 14.1. The van der Waals surface area contributed by atoms with Gasteiger partial charge in [-0.1, -0.05) is 60.7 Å². The Morgan fingerprint density at radius 1 is 0.931 bits per heavy atom. The van der Waals surface area contributed by atoms with Gasteiger partial charge < -0.3 is 10.7 Å². The predicted octanol–water partition coefficient (Wildman–Crippen LogP) is 3.55. The van der Waals surface area contributed by atoms with Crippen molar-refractivity contribution >= 4 is 22.5 Å². The van der Waals surface area contributed by atoms with E-state index in [1.54, 1.807) is 18.2 Å². The smallest absolute Gasteiger partial charge is 0.280 e. The van der Waals surface area contributed by atoms with Crippen molar-refractivity contribution in [2.75, 3.05) is 17.3 Å². The molecule has 0 saturated heterocycles. The van der Waals surface area contributed by atoms with Gasteiger partial charge in [-0.3, -0.25) is 9.59 Å². The molecule has 0 aliphatic carbocycles. The lowest BCUT2D eigenvalue weighted by Gasteiger charge is -2.16. The Labute approximate surface area is 167 Å². The van der Waals surface area contributed by atoms with Gasteiger partial charge in [0.2, 0.25) is 5.91 Å². The first-order valence-electron chi connectivity index (χ1n) is 9.30. The first kappa shape index (κ1) is 18.4. The van der Waals surface area contributed by atoms with Gasteiger partial charge >= 0.3 is 0 Å². The Morgan fingerprint density at radius 3 is 2.41 bits per heavy atom. The van der Waals surface area contributed by atoms with E-state index >= 15 is 0 Å². The summed E-state index contributed by atoms with van der Waals surface area (Å²) in [5.74, 6) is 0.205. The summed E-state index contributed by atoms with van der Waals surface area (Å²) < 4.78 is 1.34. The minimum Gasteiger partial charge on any atom is -0.324 e. The molecule has 0 radical (unpaired) electrons. The van der Waals surface area contributed by atoms with Crippen LogP contribution in [0, 0.1) is 6.92 Å². The van der Waals surface area contributed by atoms with Crippen molar-refractivity contribution < 1.29 is 4.79 Å². The largest absolute Gasteiger partial charge is 0.324 e. The van der Waals surface area contributed by atoms with Crippen LogP contribution in [0.4, 0.5) is 5.69 Å². The highest BCUT2D eigenvalue weighted by atomic mass is 16.2. The quantitative estimate of drug-likeness (QED) is 0.552. The number of nitrogens with one attached hydrogen (secondary N) is 2. The topological polar surface area (TPSA) is 76.0 Å². The van der Waals surface area contributed by atoms with Crippen molar-refractivity contribution in [2.24, 2.45) is 0 Å². The number of nitrogens with zero attached hydrogens (tertiary/aromatic N) is 2. The number of para-hydroxylation sites is 2. The molecule has 144 valence electrons. The fourth-order valence-corrected chi connectivity index (χ4v) is 3.12. The Balaban J connectivity index is 1.67. The standard InChI is InChI=1S/C23H20N4O2/c1-16-9-5-7-13-19(16)25-21(28)15-24-27-22(17-10-3-2-4-11-17)26-20-14-8-6-12-18(20)23(27)29/h2-14,24H,15H2,1H3,(H,25,28). The molecule has 0 saturated carbocycles. The fourth-order valence-electron chi connectivity index (χ4n) is 3.12. The number of anilines is 1. The lowest BCUT2D eigenvalue weighted by molar-refractivity contribution is -0.114. The highest BCUT2D eigenvalue weighted by Gasteiger charge is 2.13. The molecule has 1 aromatic heterocycles. The van der Waals surface area contributed by atoms with Crippen molar-refractivity contribution in [3.8, 4) is 11.4 Å². The number of fused-ring (bicyclic) bond motifs is 1. The van der Waals surface area contributed by atoms with Gasteiger partial charge in [0.25, 0.3) is 5.56 Å². The fraction of sp³-hybridized carbons (Fsp3) is 0.0870. The van der Waals surface area contributed by atoms with Gasteiger partial charge in [0.15, 0.2) is 5.82 Å². The van der Waals surface area contributed by atoms with Crippen LogP contribution in [0.15, 0.2) is 83.7 Å². The SMILES string of the molecule is Cc1ccccc1NC(=O)CNn1c(-c2ccccc2)nc2ccccc2c1=O. The van der Waals surface area contributed by atoms with E-state index < -0.39 is 0 Å². The van der Waals surface area contributed by atoms with Crippen LogP contribution in [0.3, 0.4) is 0 Å². The van der Waals surface area contributed by atoms with E-state index in [0.29, 0.717) is 16.7 Å². The zero-order valence-corrected chi connectivity index (χ0v) is 15.9. The molecule has 6 heteroatoms. The molecular weight excluding hydrogens is 364 g/mol. The number of hydrogen-bond acceptors (Lipinski definition) is 4. The number of hydrogen-bond donors (Lipinski definition) is 2. The highest BCUT2D eigenvalue weighted by molar-refractivity contribution is 5.93. The van der Waals surface area contributed by atoms with Gasteiger partial charge in [0.05, 0.1) is 10.9 Å². The van der Waals surface area contributed by atoms with Gasteiger partial charge in [-0.05, 0) is 30.7 Å². The van der Waals surface area contributed by atoms with Crippen LogP contribution in [-0.4, -0.2) is 22.1 Å². The third-order valence-electron chi connectivity index (χ3n) is 4.62. The number of amides is 1. The third kappa shape index (κ3) is 3.87. The molecule has 0 aliphatic heterocycles. The minimum atomic E-state index is -0.252. The van der Waals surface area contributed by atoms with Crippen molar-refractivity contribution in [3.05, 3.63) is 94.8 Å². The maximum absolute atomic E-state index is 13.1. The van der Waals surface area contributed by atoms with E-state index in [0.717, 1.165) is 16.8 Å². The summed E-state index contributed by atoms with van der Waals surface area (Å²) >= 11 is 0. The molecule has 1 amide bonds. The molecule has 0 spiro atoms. The number of aryl methyl sites for hydroxylation is 1. The summed E-state index contributed by atoms with van der Waals surface area (Å²) in [6.07, 6.45) is 0. The Hall–Kier alpha value is -3.93. The summed E-state index contributed by atoms with van der Waals surface area (Å²) in [4.78, 5) is 30.2. The van der Waals surface area contributed by atoms with Crippen LogP contribution in [-0.2, 0) is 4.79 Å². The number of carbonyl (C=O) groups is 1. The molecule has 1 heterocycles. The third-order valence-corrected chi connectivity index (χ3v) is 4.62. The maximum Gasteiger partial charge on any atom is 0.280 e. The van der Waals surface area contributed by atoms with Gasteiger partial charge in [-0.2, -0.15) is 0 Å². The van der Waals surface area contributed by atoms with Crippen LogP contribution < -0.4 is 16.3 Å². The number of aromatic nitrogens is 2. The van der Waals surface area contributed by atoms with Gasteiger partial charge in [0, 0.05) is 11.3 Å². The average molecular weight is 384 g/mol. The Kier molecular flexibility index (Phi) is 5.07. The number of carbonyl (C=O) groups excluding carboxylic acids is 1. The van der Waals surface area contributed by atoms with Crippen molar-refractivity contribution in [3.63, 3.8) is 0 Å². The molecule has 0 bridgehead atoms. The monoisotopic (exact) mass is 384 g/mol. The Bertz CT molecular complexity index is 1230. The molecule has 4 rings (SSSR count). The maximum atomic E-state index is 13.1. The lowest BCUT2D eigenvalue weighted by atomic mass is 10.2. The molecule has 3 aromatic carbocycles. The van der Waals surface area contributed by atoms with E-state index in [4.69, 9.17) is 0 Å². The van der Waals surface area contributed by atoms with Crippen molar-refractivity contribution in [1.82, 2.24) is 9.66 Å². The average Bonchev–Trinajstić information content (AvgIpc) is 2.75. The molecule has 0 aliphatic rings. The van der Waals surface area contributed by atoms with Crippen LogP contribution in [0.2, 0.25) is 0 Å². The summed E-state index contributed by atoms with van der Waals surface area (Å²) in [5, 5.41) is 3.34. The normalized spacial score (nSPS) is 10.7. The molecule has 2 N–H and O–H groups in total. The zero-order chi connectivity index (χ0) is 20.2. The summed E-state index contributed by atoms with van der Waals surface area (Å²) in [6, 6.07) is 24.1. The van der Waals surface area contributed by atoms with Crippen LogP contribution in [0.5, 0.6) is 0 Å². The van der Waals surface area contributed by atoms with Crippen molar-refractivity contribution in [1.29, 1.82) is 0 Å². The Morgan fingerprint density at radius 2 is 1.62 bits per heavy atom. The molecule has 0 unspecified atom stereocenters. The lowest BCUT2D eigenvalue weighted by Crippen LogP contribution is -2.36.